The quantitative estimate of drug-likeness (QED) is 0.0259. The van der Waals surface area contributed by atoms with E-state index in [1.165, 1.54) is 75.8 Å². The third-order valence-corrected chi connectivity index (χ3v) is 20.1. The highest BCUT2D eigenvalue weighted by molar-refractivity contribution is 6.31. The zero-order valence-corrected chi connectivity index (χ0v) is 47.7. The number of ketones is 3. The number of esters is 1. The number of Topliss-reactive ketones (excluding diaryl/α,β-unsaturated/α-hetero) is 1. The van der Waals surface area contributed by atoms with Gasteiger partial charge in [0.25, 0.3) is 0 Å². The van der Waals surface area contributed by atoms with E-state index in [4.69, 9.17) is 29.4 Å². The predicted molar refractivity (Wildman–Crippen MR) is 294 cm³/mol. The number of ether oxygens (including phenoxy) is 5. The van der Waals surface area contributed by atoms with Gasteiger partial charge in [-0.05, 0) is 111 Å². The van der Waals surface area contributed by atoms with Gasteiger partial charge in [0.05, 0.1) is 48.5 Å². The Balaban J connectivity index is 0.727. The Hall–Kier alpha value is -5.40. The van der Waals surface area contributed by atoms with E-state index in [9.17, 15) is 49.2 Å². The molecular weight excluding hydrogens is 1030 g/mol. The summed E-state index contributed by atoms with van der Waals surface area (Å²) >= 11 is 0. The number of nitrogens with two attached hydrogens (primary N) is 1. The van der Waals surface area contributed by atoms with E-state index in [-0.39, 0.29) is 65.5 Å². The second-order valence-electron chi connectivity index (χ2n) is 25.4. The van der Waals surface area contributed by atoms with Crippen molar-refractivity contribution < 1.29 is 72.9 Å². The number of aliphatic hydroxyl groups is 2. The normalized spacial score (nSPS) is 32.7. The van der Waals surface area contributed by atoms with Gasteiger partial charge in [0.1, 0.15) is 29.0 Å². The molecule has 1 saturated heterocycles. The molecule has 2 aromatic carbocycles. The molecule has 18 heteroatoms. The van der Waals surface area contributed by atoms with E-state index in [1.54, 1.807) is 6.92 Å². The molecule has 80 heavy (non-hydrogen) atoms. The summed E-state index contributed by atoms with van der Waals surface area (Å²) in [5, 5.41) is 51.7. The van der Waals surface area contributed by atoms with Crippen LogP contribution in [0.15, 0.2) is 29.8 Å². The number of carbonyl (C=O) groups excluding carboxylic acids is 6. The van der Waals surface area contributed by atoms with Gasteiger partial charge in [0.2, 0.25) is 17.5 Å². The van der Waals surface area contributed by atoms with Crippen LogP contribution in [0, 0.1) is 46.3 Å². The molecule has 2 aromatic rings. The molecule has 1 aliphatic heterocycles. The molecule has 3 saturated carbocycles. The first-order valence-electron chi connectivity index (χ1n) is 29.4. The van der Waals surface area contributed by atoms with Gasteiger partial charge in [0.15, 0.2) is 18.7 Å². The predicted octanol–water partition coefficient (Wildman–Crippen LogP) is 7.97. The number of hydrogen-bond acceptors (Lipinski definition) is 16. The number of methoxy groups -OCH3 is 1. The molecule has 18 nitrogen and oxygen atoms in total. The lowest BCUT2D eigenvalue weighted by molar-refractivity contribution is -0.247. The van der Waals surface area contributed by atoms with Crippen molar-refractivity contribution in [2.24, 2.45) is 52.1 Å². The number of nitrogens with one attached hydrogen (secondary N) is 2. The molecule has 4 fully saturated rings. The van der Waals surface area contributed by atoms with Crippen molar-refractivity contribution in [3.8, 4) is 17.2 Å². The Kier molecular flexibility index (Phi) is 17.6. The summed E-state index contributed by atoms with van der Waals surface area (Å²) < 4.78 is 28.6. The van der Waals surface area contributed by atoms with Crippen LogP contribution in [-0.4, -0.2) is 119 Å². The highest BCUT2D eigenvalue weighted by Gasteiger charge is 2.59. The van der Waals surface area contributed by atoms with Gasteiger partial charge in [-0.2, -0.15) is 0 Å². The standard InChI is InChI=1S/C62H85N3O15/c1-32(2)11-8-12-33(3)40-17-18-41-37-16-15-35-27-36(21-23-60(35,5)42(37)22-24-61(40,41)6)79-59(74)65-26-10-25-64-47(67)19-20-48(68)77-31-46(66)62(75)29-39-51(45(30-62)80-49-28-43(63)54(69)34(4)78-49)58(73)53-52(56(39)71)55(70)38-13-9-14-44(76-7)50(38)57(53)72/h9,13-15,32-34,36-37,40-43,45,49,54,69,71,73,75H,8,10-12,16-31,63H2,1-7H3,(H,64,67)(H,65,74)/t33-,34+,36+,37+,40-,41+,42+,43+,45+,49+,54-,60+,61-,62+/m1/s1. The van der Waals surface area contributed by atoms with Crippen molar-refractivity contribution in [3.05, 3.63) is 63.2 Å². The van der Waals surface area contributed by atoms with Crippen LogP contribution in [0.4, 0.5) is 4.79 Å². The molecule has 0 radical (unpaired) electrons. The molecule has 1 heterocycles. The zero-order valence-electron chi connectivity index (χ0n) is 47.7. The number of rotatable bonds is 19. The summed E-state index contributed by atoms with van der Waals surface area (Å²) in [7, 11) is 1.31. The Morgan fingerprint density at radius 1 is 0.900 bits per heavy atom. The summed E-state index contributed by atoms with van der Waals surface area (Å²) in [5.41, 5.74) is 4.01. The summed E-state index contributed by atoms with van der Waals surface area (Å²) in [6, 6.07) is 3.51. The third kappa shape index (κ3) is 11.4. The lowest BCUT2D eigenvalue weighted by atomic mass is 9.47. The maximum Gasteiger partial charge on any atom is 0.407 e. The Morgan fingerprint density at radius 2 is 1.65 bits per heavy atom. The van der Waals surface area contributed by atoms with Gasteiger partial charge in [-0.3, -0.25) is 24.0 Å². The van der Waals surface area contributed by atoms with Gasteiger partial charge in [-0.15, -0.1) is 0 Å². The van der Waals surface area contributed by atoms with E-state index < -0.39 is 120 Å². The topological polar surface area (TPSA) is 280 Å². The van der Waals surface area contributed by atoms with Gasteiger partial charge >= 0.3 is 12.1 Å². The summed E-state index contributed by atoms with van der Waals surface area (Å²) in [5.74, 6) is -0.931. The van der Waals surface area contributed by atoms with Gasteiger partial charge in [0, 0.05) is 67.9 Å². The fourth-order valence-corrected chi connectivity index (χ4v) is 15.7. The van der Waals surface area contributed by atoms with Crippen molar-refractivity contribution in [3.63, 3.8) is 0 Å². The molecule has 9 rings (SSSR count). The molecule has 14 atom stereocenters. The Labute approximate surface area is 469 Å². The monoisotopic (exact) mass is 1110 g/mol. The second-order valence-corrected chi connectivity index (χ2v) is 25.4. The van der Waals surface area contributed by atoms with Crippen molar-refractivity contribution in [2.75, 3.05) is 26.8 Å². The SMILES string of the molecule is COc1cccc2c1C(=O)c1c(O)c3c(c(O)c1C2=O)C[C@@](O)(C(=O)COC(=O)CCC(=O)NCCCNC(=O)O[C@H]1CC[C@@]2(C)C(=CC[C@H]4[C@@H]5CC[C@H]([C@H](C)CCCC(C)C)[C@@]5(C)CC[C@@H]42)C1)C[C@@H]3O[C@H]1C[C@H](N)[C@H](O)[C@H](C)O1. The number of aliphatic hydroxyl groups excluding tert-OH is 1. The van der Waals surface area contributed by atoms with Crippen LogP contribution >= 0.6 is 0 Å². The van der Waals surface area contributed by atoms with E-state index in [0.29, 0.717) is 17.8 Å². The minimum atomic E-state index is -2.43. The Morgan fingerprint density at radius 3 is 2.39 bits per heavy atom. The number of phenols is 2. The van der Waals surface area contributed by atoms with E-state index in [2.05, 4.69) is 51.3 Å². The maximum atomic E-state index is 14.1. The highest BCUT2D eigenvalue weighted by atomic mass is 16.7. The van der Waals surface area contributed by atoms with E-state index in [0.717, 1.165) is 55.3 Å². The number of carbonyl (C=O) groups is 6. The van der Waals surface area contributed by atoms with E-state index in [1.807, 2.05) is 0 Å². The number of alkyl carbamates (subject to hydrolysis) is 1. The molecule has 7 aliphatic rings. The smallest absolute Gasteiger partial charge is 0.407 e. The number of aromatic hydroxyl groups is 2. The minimum Gasteiger partial charge on any atom is -0.507 e. The lowest BCUT2D eigenvalue weighted by Crippen LogP contribution is -2.53. The molecule has 0 unspecified atom stereocenters. The van der Waals surface area contributed by atoms with Crippen LogP contribution in [-0.2, 0) is 39.8 Å². The zero-order chi connectivity index (χ0) is 57.6. The molecule has 6 aliphatic carbocycles. The second kappa shape index (κ2) is 23.8. The van der Waals surface area contributed by atoms with Crippen molar-refractivity contribution in [2.45, 2.75) is 193 Å². The number of hydrogen-bond donors (Lipinski definition) is 7. The third-order valence-electron chi connectivity index (χ3n) is 20.1. The van der Waals surface area contributed by atoms with Gasteiger partial charge in [-0.1, -0.05) is 77.7 Å². The van der Waals surface area contributed by atoms with Crippen molar-refractivity contribution in [1.82, 2.24) is 10.6 Å². The highest BCUT2D eigenvalue weighted by Crippen LogP contribution is 2.67. The first-order valence-corrected chi connectivity index (χ1v) is 29.4. The van der Waals surface area contributed by atoms with Crippen molar-refractivity contribution >= 4 is 35.3 Å². The van der Waals surface area contributed by atoms with Gasteiger partial charge < -0.3 is 60.5 Å². The average Bonchev–Trinajstić information content (AvgIpc) is 3.78. The first kappa shape index (κ1) is 59.2. The largest absolute Gasteiger partial charge is 0.507 e. The average molecular weight is 1110 g/mol. The van der Waals surface area contributed by atoms with Crippen LogP contribution < -0.4 is 21.1 Å². The maximum absolute atomic E-state index is 14.1. The van der Waals surface area contributed by atoms with Crippen molar-refractivity contribution in [1.29, 1.82) is 0 Å². The number of benzene rings is 2. The summed E-state index contributed by atoms with van der Waals surface area (Å²) in [6.07, 6.45) is 8.78. The number of phenolic OH excluding ortho intramolecular Hbond substituents is 2. The fraction of sp³-hybridized carbons (Fsp3) is 0.677. The molecule has 2 amide bonds. The molecule has 0 bridgehead atoms. The van der Waals surface area contributed by atoms with Crippen LogP contribution in [0.2, 0.25) is 0 Å². The van der Waals surface area contributed by atoms with Crippen LogP contribution in [0.1, 0.15) is 193 Å². The first-order chi connectivity index (χ1) is 38.0. The van der Waals surface area contributed by atoms with Crippen LogP contribution in [0.25, 0.3) is 0 Å². The summed E-state index contributed by atoms with van der Waals surface area (Å²) in [4.78, 5) is 80.5. The molecule has 0 aromatic heterocycles. The number of fused-ring (bicyclic) bond motifs is 8. The molecule has 438 valence electrons. The number of amides is 2. The van der Waals surface area contributed by atoms with Gasteiger partial charge in [-0.25, -0.2) is 4.79 Å². The fourth-order valence-electron chi connectivity index (χ4n) is 15.7. The number of allylic oxidation sites excluding steroid dienone is 1. The van der Waals surface area contributed by atoms with Crippen LogP contribution in [0.3, 0.4) is 0 Å². The molecular formula is C62H85N3O15. The Bertz CT molecular complexity index is 2750. The lowest BCUT2D eigenvalue weighted by Gasteiger charge is -2.58. The summed E-state index contributed by atoms with van der Waals surface area (Å²) in [6.45, 7) is 13.4. The van der Waals surface area contributed by atoms with E-state index >= 15 is 0 Å². The minimum absolute atomic E-state index is 0.0570. The molecule has 8 N–H and O–H groups in total. The molecule has 0 spiro atoms. The van der Waals surface area contributed by atoms with Crippen LogP contribution in [0.5, 0.6) is 17.2 Å².